The first-order valence-corrected chi connectivity index (χ1v) is 5.45. The fraction of sp³-hybridized carbons (Fsp3) is 0.909. The third kappa shape index (κ3) is 4.72. The summed E-state index contributed by atoms with van der Waals surface area (Å²) < 4.78 is 10.3. The third-order valence-corrected chi connectivity index (χ3v) is 2.59. The van der Waals surface area contributed by atoms with Crippen LogP contribution in [-0.4, -0.2) is 32.2 Å². The fourth-order valence-electron chi connectivity index (χ4n) is 1.82. The molecule has 1 fully saturated rings. The molecule has 0 aromatic heterocycles. The number of ether oxygens (including phenoxy) is 2. The second-order valence-corrected chi connectivity index (χ2v) is 3.90. The summed E-state index contributed by atoms with van der Waals surface area (Å²) in [5.41, 5.74) is 0. The minimum absolute atomic E-state index is 0.0387. The number of carbonyl (C=O) groups excluding carboxylic acids is 1. The van der Waals surface area contributed by atoms with Gasteiger partial charge >= 0.3 is 0 Å². The Morgan fingerprint density at radius 3 is 2.36 bits per heavy atom. The van der Waals surface area contributed by atoms with Gasteiger partial charge in [-0.2, -0.15) is 0 Å². The molecule has 1 aliphatic carbocycles. The molecule has 0 saturated heterocycles. The lowest BCUT2D eigenvalue weighted by Gasteiger charge is -2.14. The molecule has 0 atom stereocenters. The predicted octanol–water partition coefficient (Wildman–Crippen LogP) is 1.94. The van der Waals surface area contributed by atoms with Crippen molar-refractivity contribution in [2.45, 2.75) is 44.6 Å². The van der Waals surface area contributed by atoms with Gasteiger partial charge in [-0.05, 0) is 12.8 Å². The number of Topliss-reactive ketones (excluding diaryl/α,β-unsaturated/α-hetero) is 1. The van der Waals surface area contributed by atoms with Crippen molar-refractivity contribution in [3.8, 4) is 0 Å². The molecule has 0 heterocycles. The van der Waals surface area contributed by atoms with Crippen LogP contribution in [0.2, 0.25) is 0 Å². The van der Waals surface area contributed by atoms with Gasteiger partial charge in [0.15, 0.2) is 5.78 Å². The van der Waals surface area contributed by atoms with Crippen LogP contribution in [0.3, 0.4) is 0 Å². The number of rotatable bonds is 5. The van der Waals surface area contributed by atoms with Crippen molar-refractivity contribution in [3.63, 3.8) is 0 Å². The quantitative estimate of drug-likeness (QED) is 0.636. The van der Waals surface area contributed by atoms with E-state index in [1.165, 1.54) is 32.8 Å². The van der Waals surface area contributed by atoms with Crippen LogP contribution in [0.1, 0.15) is 38.5 Å². The summed E-state index contributed by atoms with van der Waals surface area (Å²) in [4.78, 5) is 11.1. The summed E-state index contributed by atoms with van der Waals surface area (Å²) in [6, 6.07) is 0. The van der Waals surface area contributed by atoms with Crippen LogP contribution in [0.4, 0.5) is 0 Å². The molecule has 3 heteroatoms. The second kappa shape index (κ2) is 6.96. The molecule has 14 heavy (non-hydrogen) atoms. The Labute approximate surface area is 85.8 Å². The molecule has 0 amide bonds. The van der Waals surface area contributed by atoms with Crippen LogP contribution < -0.4 is 0 Å². The van der Waals surface area contributed by atoms with Gasteiger partial charge in [-0.15, -0.1) is 0 Å². The molecule has 0 aromatic carbocycles. The number of ketones is 1. The van der Waals surface area contributed by atoms with Crippen molar-refractivity contribution in [2.75, 3.05) is 20.3 Å². The van der Waals surface area contributed by atoms with Crippen molar-refractivity contribution in [1.29, 1.82) is 0 Å². The number of hydrogen-bond donors (Lipinski definition) is 0. The molecule has 0 bridgehead atoms. The molecule has 0 unspecified atom stereocenters. The van der Waals surface area contributed by atoms with Crippen molar-refractivity contribution in [2.24, 2.45) is 0 Å². The Balaban J connectivity index is 2.12. The monoisotopic (exact) mass is 200 g/mol. The lowest BCUT2D eigenvalue weighted by atomic mass is 10.1. The summed E-state index contributed by atoms with van der Waals surface area (Å²) in [6.07, 6.45) is 7.63. The Bertz CT molecular complexity index is 160. The van der Waals surface area contributed by atoms with E-state index in [9.17, 15) is 4.79 Å². The zero-order valence-corrected chi connectivity index (χ0v) is 8.96. The predicted molar refractivity (Wildman–Crippen MR) is 54.3 cm³/mol. The molecule has 82 valence electrons. The van der Waals surface area contributed by atoms with E-state index in [0.29, 0.717) is 6.10 Å². The first-order valence-electron chi connectivity index (χ1n) is 5.45. The van der Waals surface area contributed by atoms with Crippen LogP contribution in [0.15, 0.2) is 0 Å². The fourth-order valence-corrected chi connectivity index (χ4v) is 1.82. The van der Waals surface area contributed by atoms with E-state index in [1.807, 2.05) is 0 Å². The summed E-state index contributed by atoms with van der Waals surface area (Å²) in [6.45, 7) is 0.394. The van der Waals surface area contributed by atoms with Crippen molar-refractivity contribution in [1.82, 2.24) is 0 Å². The normalized spacial score (nSPS) is 19.2. The Hall–Kier alpha value is -0.410. The van der Waals surface area contributed by atoms with Crippen LogP contribution in [0.5, 0.6) is 0 Å². The van der Waals surface area contributed by atoms with Crippen molar-refractivity contribution in [3.05, 3.63) is 0 Å². The Morgan fingerprint density at radius 2 is 1.79 bits per heavy atom. The highest BCUT2D eigenvalue weighted by Gasteiger charge is 2.13. The maximum atomic E-state index is 11.1. The number of carbonyl (C=O) groups is 1. The van der Waals surface area contributed by atoms with Gasteiger partial charge in [0, 0.05) is 7.11 Å². The molecule has 0 radical (unpaired) electrons. The molecule has 0 N–H and O–H groups in total. The topological polar surface area (TPSA) is 35.5 Å². The first-order chi connectivity index (χ1) is 6.83. The van der Waals surface area contributed by atoms with E-state index < -0.39 is 0 Å². The highest BCUT2D eigenvalue weighted by molar-refractivity contribution is 5.80. The minimum atomic E-state index is 0.0387. The van der Waals surface area contributed by atoms with Crippen LogP contribution in [0, 0.1) is 0 Å². The van der Waals surface area contributed by atoms with Gasteiger partial charge in [0.05, 0.1) is 6.10 Å². The smallest absolute Gasteiger partial charge is 0.183 e. The molecule has 1 aliphatic rings. The standard InChI is InChI=1S/C11H20O3/c1-13-8-10(12)9-14-11-6-4-2-3-5-7-11/h11H,2-9H2,1H3. The number of hydrogen-bond acceptors (Lipinski definition) is 3. The zero-order chi connectivity index (χ0) is 10.2. The van der Waals surface area contributed by atoms with Gasteiger partial charge < -0.3 is 9.47 Å². The average Bonchev–Trinajstić information content (AvgIpc) is 2.43. The van der Waals surface area contributed by atoms with E-state index in [2.05, 4.69) is 0 Å². The number of methoxy groups -OCH3 is 1. The first kappa shape index (κ1) is 11.7. The van der Waals surface area contributed by atoms with E-state index in [0.717, 1.165) is 12.8 Å². The van der Waals surface area contributed by atoms with Crippen molar-refractivity contribution < 1.29 is 14.3 Å². The molecule has 0 aromatic rings. The molecule has 0 spiro atoms. The third-order valence-electron chi connectivity index (χ3n) is 2.59. The van der Waals surface area contributed by atoms with Gasteiger partial charge in [0.25, 0.3) is 0 Å². The highest BCUT2D eigenvalue weighted by Crippen LogP contribution is 2.19. The van der Waals surface area contributed by atoms with Gasteiger partial charge in [-0.3, -0.25) is 4.79 Å². The summed E-state index contributed by atoms with van der Waals surface area (Å²) in [5, 5.41) is 0. The molecule has 1 rings (SSSR count). The lowest BCUT2D eigenvalue weighted by Crippen LogP contribution is -2.20. The van der Waals surface area contributed by atoms with Gasteiger partial charge in [0.2, 0.25) is 0 Å². The zero-order valence-electron chi connectivity index (χ0n) is 8.96. The maximum Gasteiger partial charge on any atom is 0.183 e. The van der Waals surface area contributed by atoms with Crippen LogP contribution in [0.25, 0.3) is 0 Å². The van der Waals surface area contributed by atoms with E-state index in [1.54, 1.807) is 0 Å². The van der Waals surface area contributed by atoms with Crippen molar-refractivity contribution >= 4 is 5.78 Å². The second-order valence-electron chi connectivity index (χ2n) is 3.90. The van der Waals surface area contributed by atoms with E-state index >= 15 is 0 Å². The molecule has 1 saturated carbocycles. The van der Waals surface area contributed by atoms with E-state index in [4.69, 9.17) is 9.47 Å². The summed E-state index contributed by atoms with van der Waals surface area (Å²) in [7, 11) is 1.53. The SMILES string of the molecule is COCC(=O)COC1CCCCCC1. The average molecular weight is 200 g/mol. The van der Waals surface area contributed by atoms with Gasteiger partial charge in [0.1, 0.15) is 13.2 Å². The van der Waals surface area contributed by atoms with E-state index in [-0.39, 0.29) is 19.0 Å². The summed E-state index contributed by atoms with van der Waals surface area (Å²) >= 11 is 0. The molecule has 0 aliphatic heterocycles. The largest absolute Gasteiger partial charge is 0.377 e. The molecule has 3 nitrogen and oxygen atoms in total. The minimum Gasteiger partial charge on any atom is -0.377 e. The summed E-state index contributed by atoms with van der Waals surface area (Å²) in [5.74, 6) is 0.0387. The lowest BCUT2D eigenvalue weighted by molar-refractivity contribution is -0.129. The van der Waals surface area contributed by atoms with Crippen LogP contribution >= 0.6 is 0 Å². The molecular formula is C11H20O3. The Kier molecular flexibility index (Phi) is 5.80. The highest BCUT2D eigenvalue weighted by atomic mass is 16.5. The Morgan fingerprint density at radius 1 is 1.14 bits per heavy atom. The van der Waals surface area contributed by atoms with Gasteiger partial charge in [-0.25, -0.2) is 0 Å². The van der Waals surface area contributed by atoms with Crippen LogP contribution in [-0.2, 0) is 14.3 Å². The van der Waals surface area contributed by atoms with Gasteiger partial charge in [-0.1, -0.05) is 25.7 Å². The molecular weight excluding hydrogens is 180 g/mol. The maximum absolute atomic E-state index is 11.1.